The first-order chi connectivity index (χ1) is 16.7. The fourth-order valence-corrected chi connectivity index (χ4v) is 4.23. The second-order valence-electron chi connectivity index (χ2n) is 6.92. The smallest absolute Gasteiger partial charge is 0.275 e. The Hall–Kier alpha value is -4.20. The number of nitrogens with two attached hydrogens (primary N) is 2. The van der Waals surface area contributed by atoms with Crippen LogP contribution in [0.25, 0.3) is 10.9 Å². The van der Waals surface area contributed by atoms with E-state index in [2.05, 4.69) is 21.6 Å². The molecule has 0 aliphatic rings. The predicted octanol–water partition coefficient (Wildman–Crippen LogP) is 0.616. The number of pyridine rings is 2. The number of anilines is 1. The van der Waals surface area contributed by atoms with Crippen LogP contribution in [0.4, 0.5) is 10.4 Å². The van der Waals surface area contributed by atoms with Crippen LogP contribution >= 0.6 is 0 Å². The van der Waals surface area contributed by atoms with Crippen molar-refractivity contribution in [3.05, 3.63) is 64.7 Å². The van der Waals surface area contributed by atoms with Gasteiger partial charge in [0, 0.05) is 17.3 Å². The van der Waals surface area contributed by atoms with Crippen LogP contribution in [0.1, 0.15) is 13.1 Å². The molecule has 14 heteroatoms. The molecule has 0 saturated heterocycles. The van der Waals surface area contributed by atoms with Crippen molar-refractivity contribution in [3.63, 3.8) is 0 Å². The summed E-state index contributed by atoms with van der Waals surface area (Å²) >= 11 is 0. The number of benzene rings is 1. The van der Waals surface area contributed by atoms with Gasteiger partial charge in [0.2, 0.25) is 11.9 Å². The zero-order valence-electron chi connectivity index (χ0n) is 19.1. The maximum absolute atomic E-state index is 13.0. The number of aryl methyl sites for hydroxylation is 1. The highest BCUT2D eigenvalue weighted by molar-refractivity contribution is 7.93. The molecule has 3 rings (SSSR count). The van der Waals surface area contributed by atoms with Gasteiger partial charge in [0.05, 0.1) is 12.1 Å². The lowest BCUT2D eigenvalue weighted by molar-refractivity contribution is -0.122. The SMILES string of the molecule is C.Cc1ccc(NS(=O)(=O)c2cccc3cccnc23)c(=O)n1CC(=O)NCCON=C(N)N.[3H]F. The first-order valence-electron chi connectivity index (χ1n) is 10.1. The molecule has 0 spiro atoms. The molecule has 35 heavy (non-hydrogen) atoms. The fraction of sp³-hybridized carbons (Fsp3) is 0.238. The molecule has 0 saturated carbocycles. The Morgan fingerprint density at radius 2 is 1.94 bits per heavy atom. The Morgan fingerprint density at radius 1 is 1.23 bits per heavy atom. The normalized spacial score (nSPS) is 10.6. The number of para-hydroxylation sites is 1. The van der Waals surface area contributed by atoms with Gasteiger partial charge >= 0.3 is 0 Å². The minimum absolute atomic E-state index is 0. The quantitative estimate of drug-likeness (QED) is 0.139. The number of fused-ring (bicyclic) bond motifs is 1. The van der Waals surface area contributed by atoms with Crippen LogP contribution in [0.3, 0.4) is 0 Å². The van der Waals surface area contributed by atoms with Gasteiger partial charge in [-0.1, -0.05) is 25.6 Å². The van der Waals surface area contributed by atoms with Crippen LogP contribution in [0.2, 0.25) is 0 Å². The van der Waals surface area contributed by atoms with Crippen LogP contribution in [0, 0.1) is 6.92 Å². The average Bonchev–Trinajstić information content (AvgIpc) is 2.84. The van der Waals surface area contributed by atoms with Crippen LogP contribution in [0.15, 0.2) is 63.5 Å². The number of halogens is 1. The van der Waals surface area contributed by atoms with Crippen molar-refractivity contribution in [2.75, 3.05) is 17.9 Å². The van der Waals surface area contributed by atoms with Crippen molar-refractivity contribution in [3.8, 4) is 0 Å². The largest absolute Gasteiger partial charge is 0.391 e. The van der Waals surface area contributed by atoms with Crippen molar-refractivity contribution >= 4 is 38.5 Å². The topological polar surface area (TPSA) is 184 Å². The molecule has 0 radical (unpaired) electrons. The third-order valence-corrected chi connectivity index (χ3v) is 5.91. The van der Waals surface area contributed by atoms with E-state index >= 15 is 0 Å². The summed E-state index contributed by atoms with van der Waals surface area (Å²) in [7, 11) is -4.12. The number of amides is 1. The van der Waals surface area contributed by atoms with E-state index in [-0.39, 0.29) is 49.2 Å². The summed E-state index contributed by atoms with van der Waals surface area (Å²) in [6.45, 7) is 1.43. The minimum Gasteiger partial charge on any atom is -0.391 e. The van der Waals surface area contributed by atoms with Gasteiger partial charge in [-0.3, -0.25) is 24.0 Å². The second-order valence-corrected chi connectivity index (χ2v) is 8.57. The summed E-state index contributed by atoms with van der Waals surface area (Å²) in [4.78, 5) is 34.0. The highest BCUT2D eigenvalue weighted by atomic mass is 32.2. The van der Waals surface area contributed by atoms with Gasteiger partial charge in [0.25, 0.3) is 17.0 Å². The van der Waals surface area contributed by atoms with E-state index in [0.717, 1.165) is 4.57 Å². The molecule has 2 heterocycles. The third-order valence-electron chi connectivity index (χ3n) is 4.51. The summed E-state index contributed by atoms with van der Waals surface area (Å²) in [6.07, 6.45) is 1.49. The molecule has 0 aliphatic carbocycles. The van der Waals surface area contributed by atoms with Gasteiger partial charge in [0.1, 0.15) is 23.7 Å². The van der Waals surface area contributed by atoms with Gasteiger partial charge in [-0.25, -0.2) is 8.42 Å². The molecule has 1 aromatic carbocycles. The molecule has 0 atom stereocenters. The third kappa shape index (κ3) is 7.14. The average molecular weight is 512 g/mol. The molecule has 0 bridgehead atoms. The maximum Gasteiger partial charge on any atom is 0.275 e. The first-order valence-corrected chi connectivity index (χ1v) is 11.2. The molecular formula is C21H28FN7O5S. The lowest BCUT2D eigenvalue weighted by Gasteiger charge is -2.14. The Balaban J connectivity index is 0.00000211. The van der Waals surface area contributed by atoms with Crippen molar-refractivity contribution < 1.29 is 22.8 Å². The van der Waals surface area contributed by atoms with Gasteiger partial charge in [0.15, 0.2) is 0 Å². The Bertz CT molecular complexity index is 1370. The Labute approximate surface area is 202 Å². The van der Waals surface area contributed by atoms with Gasteiger partial charge in [-0.2, -0.15) is 0 Å². The summed E-state index contributed by atoms with van der Waals surface area (Å²) in [6, 6.07) is 11.1. The highest BCUT2D eigenvalue weighted by Crippen LogP contribution is 2.22. The van der Waals surface area contributed by atoms with Crippen LogP contribution in [0.5, 0.6) is 0 Å². The van der Waals surface area contributed by atoms with Crippen molar-refractivity contribution in [2.24, 2.45) is 16.6 Å². The molecular weight excluding hydrogens is 481 g/mol. The lowest BCUT2D eigenvalue weighted by atomic mass is 10.2. The monoisotopic (exact) mass is 511 g/mol. The number of hydrogen-bond donors (Lipinski definition) is 4. The number of aromatic nitrogens is 2. The van der Waals surface area contributed by atoms with E-state index in [0.29, 0.717) is 11.1 Å². The zero-order chi connectivity index (χ0) is 26.0. The number of carbonyl (C=O) groups excluding carboxylic acids is 1. The molecule has 1 amide bonds. The molecule has 3 aromatic rings. The molecule has 190 valence electrons. The number of guanidine groups is 1. The van der Waals surface area contributed by atoms with Crippen molar-refractivity contribution in [1.29, 1.82) is 1.45 Å². The predicted molar refractivity (Wildman–Crippen MR) is 132 cm³/mol. The molecule has 0 unspecified atom stereocenters. The number of hydrogen-bond acceptors (Lipinski definition) is 7. The standard InChI is InChI=1S/C20H23N7O5S.CH4.FH/c1-13-7-8-15(19(29)27(13)12-17(28)23-10-11-32-25-20(21)22)26-33(30,31)16-6-2-4-14-5-3-9-24-18(14)16;;/h2-9,26H,10-12H2,1H3,(H,23,28)(H4,21,22,25);1H4;1H/i/hT. The van der Waals surface area contributed by atoms with Crippen LogP contribution < -0.4 is 27.1 Å². The Morgan fingerprint density at radius 3 is 2.66 bits per heavy atom. The molecule has 2 aromatic heterocycles. The number of carbonyl (C=O) groups is 1. The number of nitrogens with zero attached hydrogens (tertiary/aromatic N) is 3. The van der Waals surface area contributed by atoms with E-state index in [1.54, 1.807) is 31.2 Å². The van der Waals surface area contributed by atoms with Crippen LogP contribution in [-0.2, 0) is 26.2 Å². The summed E-state index contributed by atoms with van der Waals surface area (Å²) in [5, 5.41) is 6.51. The summed E-state index contributed by atoms with van der Waals surface area (Å²) < 4.78 is 42.5. The van der Waals surface area contributed by atoms with Gasteiger partial charge in [-0.15, -0.1) is 0 Å². The maximum atomic E-state index is 13.0. The van der Waals surface area contributed by atoms with E-state index < -0.39 is 21.5 Å². The molecule has 6 N–H and O–H groups in total. The first kappa shape index (κ1) is 27.0. The number of rotatable bonds is 9. The van der Waals surface area contributed by atoms with Crippen molar-refractivity contribution in [1.82, 2.24) is 14.9 Å². The Kier molecular flexibility index (Phi) is 9.52. The van der Waals surface area contributed by atoms with E-state index in [1.807, 2.05) is 0 Å². The van der Waals surface area contributed by atoms with Gasteiger partial charge in [-0.05, 0) is 36.3 Å². The number of sulfonamides is 1. The molecule has 12 nitrogen and oxygen atoms in total. The fourth-order valence-electron chi connectivity index (χ4n) is 2.99. The van der Waals surface area contributed by atoms with E-state index in [1.165, 1.54) is 24.4 Å². The lowest BCUT2D eigenvalue weighted by Crippen LogP contribution is -2.36. The second kappa shape index (κ2) is 12.3. The summed E-state index contributed by atoms with van der Waals surface area (Å²) in [5.74, 6) is -0.728. The van der Waals surface area contributed by atoms with E-state index in [9.17, 15) is 18.0 Å². The molecule has 0 fully saturated rings. The molecule has 0 aliphatic heterocycles. The van der Waals surface area contributed by atoms with Gasteiger partial charge < -0.3 is 26.2 Å². The van der Waals surface area contributed by atoms with Crippen molar-refractivity contribution in [2.45, 2.75) is 25.8 Å². The minimum atomic E-state index is -4.12. The van der Waals surface area contributed by atoms with Crippen LogP contribution in [-0.4, -0.2) is 44.4 Å². The summed E-state index contributed by atoms with van der Waals surface area (Å²) in [5.41, 5.74) is 10.1. The zero-order valence-corrected chi connectivity index (χ0v) is 18.9. The van der Waals surface area contributed by atoms with E-state index in [4.69, 9.17) is 21.0 Å². The highest BCUT2D eigenvalue weighted by Gasteiger charge is 2.21. The number of nitrogens with one attached hydrogen (secondary N) is 2. The number of oxime groups is 1.